The molecule has 0 aliphatic heterocycles. The van der Waals surface area contributed by atoms with Gasteiger partial charge in [-0.2, -0.15) is 0 Å². The molecule has 0 bridgehead atoms. The van der Waals surface area contributed by atoms with Crippen LogP contribution in [0.25, 0.3) is 10.9 Å². The number of hydrogen-bond donors (Lipinski definition) is 2. The van der Waals surface area contributed by atoms with Gasteiger partial charge in [0.2, 0.25) is 5.91 Å². The number of para-hydroxylation sites is 1. The molecule has 1 aliphatic carbocycles. The highest BCUT2D eigenvalue weighted by molar-refractivity contribution is 6.31. The van der Waals surface area contributed by atoms with E-state index in [0.717, 1.165) is 28.4 Å². The Kier molecular flexibility index (Phi) is 6.56. The molecule has 0 radical (unpaired) electrons. The Balaban J connectivity index is 1.49. The minimum atomic E-state index is 0.0125. The number of H-pyrrole nitrogens is 1. The lowest BCUT2D eigenvalue weighted by Crippen LogP contribution is -2.29. The summed E-state index contributed by atoms with van der Waals surface area (Å²) >= 11 is 6.54. The Labute approximate surface area is 177 Å². The summed E-state index contributed by atoms with van der Waals surface area (Å²) < 4.78 is 0. The Morgan fingerprint density at radius 3 is 2.62 bits per heavy atom. The number of hydrogen-bond acceptors (Lipinski definition) is 1. The SMILES string of the molecule is O=C(CCC1CCCCC1)NC[C@@H](c1ccccc1Cl)c1c[nH]c2ccccc12. The number of fused-ring (bicyclic) bond motifs is 1. The summed E-state index contributed by atoms with van der Waals surface area (Å²) in [5.41, 5.74) is 3.32. The Morgan fingerprint density at radius 1 is 1.03 bits per heavy atom. The van der Waals surface area contributed by atoms with Gasteiger partial charge in [-0.25, -0.2) is 0 Å². The molecule has 152 valence electrons. The number of rotatable bonds is 7. The van der Waals surface area contributed by atoms with Gasteiger partial charge in [-0.15, -0.1) is 0 Å². The van der Waals surface area contributed by atoms with Crippen LogP contribution in [0.2, 0.25) is 5.02 Å². The molecule has 1 aliphatic rings. The van der Waals surface area contributed by atoms with Gasteiger partial charge < -0.3 is 10.3 Å². The third kappa shape index (κ3) is 4.84. The molecule has 0 spiro atoms. The number of benzene rings is 2. The fourth-order valence-electron chi connectivity index (χ4n) is 4.64. The van der Waals surface area contributed by atoms with E-state index in [4.69, 9.17) is 11.6 Å². The van der Waals surface area contributed by atoms with Crippen molar-refractivity contribution < 1.29 is 4.79 Å². The van der Waals surface area contributed by atoms with Crippen molar-refractivity contribution in [2.75, 3.05) is 6.54 Å². The zero-order chi connectivity index (χ0) is 20.1. The number of nitrogens with one attached hydrogen (secondary N) is 2. The maximum atomic E-state index is 12.6. The molecule has 3 aromatic rings. The quantitative estimate of drug-likeness (QED) is 0.464. The van der Waals surface area contributed by atoms with Gasteiger partial charge in [0.05, 0.1) is 0 Å². The van der Waals surface area contributed by atoms with Gasteiger partial charge in [-0.05, 0) is 35.6 Å². The van der Waals surface area contributed by atoms with Crippen LogP contribution in [0.5, 0.6) is 0 Å². The van der Waals surface area contributed by atoms with Crippen LogP contribution in [-0.2, 0) is 4.79 Å². The summed E-state index contributed by atoms with van der Waals surface area (Å²) in [6.45, 7) is 0.551. The molecular weight excluding hydrogens is 380 g/mol. The first-order valence-electron chi connectivity index (χ1n) is 10.8. The fraction of sp³-hybridized carbons (Fsp3) is 0.400. The van der Waals surface area contributed by atoms with Crippen LogP contribution >= 0.6 is 11.6 Å². The first kappa shape index (κ1) is 20.0. The minimum absolute atomic E-state index is 0.0125. The van der Waals surface area contributed by atoms with E-state index in [0.29, 0.717) is 13.0 Å². The number of amides is 1. The standard InChI is InChI=1S/C25H29ClN2O/c26-23-12-6-4-10-19(23)21(22-16-27-24-13-7-5-11-20(22)24)17-28-25(29)15-14-18-8-2-1-3-9-18/h4-7,10-13,16,18,21,27H,1-3,8-9,14-15,17H2,(H,28,29)/t21-/m0/s1. The molecule has 1 fully saturated rings. The number of carbonyl (C=O) groups excluding carboxylic acids is 1. The molecular formula is C25H29ClN2O. The topological polar surface area (TPSA) is 44.9 Å². The summed E-state index contributed by atoms with van der Waals surface area (Å²) in [5, 5.41) is 5.10. The molecule has 3 nitrogen and oxygen atoms in total. The number of aromatic nitrogens is 1. The van der Waals surface area contributed by atoms with E-state index in [1.807, 2.05) is 36.5 Å². The highest BCUT2D eigenvalue weighted by Gasteiger charge is 2.21. The molecule has 1 saturated carbocycles. The monoisotopic (exact) mass is 408 g/mol. The first-order chi connectivity index (χ1) is 14.2. The van der Waals surface area contributed by atoms with Gasteiger partial charge in [0.25, 0.3) is 0 Å². The average molecular weight is 409 g/mol. The maximum absolute atomic E-state index is 12.6. The second kappa shape index (κ2) is 9.49. The second-order valence-corrected chi connectivity index (χ2v) is 8.62. The molecule has 1 atom stereocenters. The maximum Gasteiger partial charge on any atom is 0.220 e. The molecule has 4 rings (SSSR count). The summed E-state index contributed by atoms with van der Waals surface area (Å²) in [6, 6.07) is 16.2. The predicted molar refractivity (Wildman–Crippen MR) is 120 cm³/mol. The van der Waals surface area contributed by atoms with E-state index in [1.54, 1.807) is 0 Å². The summed E-state index contributed by atoms with van der Waals surface area (Å²) in [7, 11) is 0. The lowest BCUT2D eigenvalue weighted by Gasteiger charge is -2.22. The molecule has 1 aromatic heterocycles. The van der Waals surface area contributed by atoms with Gasteiger partial charge in [-0.3, -0.25) is 4.79 Å². The first-order valence-corrected chi connectivity index (χ1v) is 11.2. The molecule has 1 heterocycles. The molecule has 0 unspecified atom stereocenters. The fourth-order valence-corrected chi connectivity index (χ4v) is 4.91. The average Bonchev–Trinajstić information content (AvgIpc) is 3.18. The highest BCUT2D eigenvalue weighted by atomic mass is 35.5. The van der Waals surface area contributed by atoms with Crippen molar-refractivity contribution in [3.8, 4) is 0 Å². The normalized spacial score (nSPS) is 16.0. The van der Waals surface area contributed by atoms with Gasteiger partial charge >= 0.3 is 0 Å². The lowest BCUT2D eigenvalue weighted by molar-refractivity contribution is -0.121. The number of aromatic amines is 1. The van der Waals surface area contributed by atoms with E-state index in [1.165, 1.54) is 43.1 Å². The van der Waals surface area contributed by atoms with Crippen LogP contribution in [0, 0.1) is 5.92 Å². The van der Waals surface area contributed by atoms with Gasteiger partial charge in [0, 0.05) is 41.0 Å². The molecule has 4 heteroatoms. The molecule has 2 aromatic carbocycles. The van der Waals surface area contributed by atoms with Crippen LogP contribution in [0.4, 0.5) is 0 Å². The van der Waals surface area contributed by atoms with Crippen molar-refractivity contribution in [2.45, 2.75) is 50.9 Å². The van der Waals surface area contributed by atoms with Crippen molar-refractivity contribution in [3.63, 3.8) is 0 Å². The third-order valence-electron chi connectivity index (χ3n) is 6.29. The number of halogens is 1. The predicted octanol–water partition coefficient (Wildman–Crippen LogP) is 6.43. The van der Waals surface area contributed by atoms with Crippen LogP contribution in [0.1, 0.15) is 62.0 Å². The molecule has 1 amide bonds. The van der Waals surface area contributed by atoms with Gasteiger partial charge in [-0.1, -0.05) is 80.1 Å². The molecule has 29 heavy (non-hydrogen) atoms. The van der Waals surface area contributed by atoms with E-state index >= 15 is 0 Å². The summed E-state index contributed by atoms with van der Waals surface area (Å²) in [6.07, 6.45) is 10.2. The Hall–Kier alpha value is -2.26. The van der Waals surface area contributed by atoms with Crippen molar-refractivity contribution in [2.24, 2.45) is 5.92 Å². The molecule has 2 N–H and O–H groups in total. The third-order valence-corrected chi connectivity index (χ3v) is 6.63. The zero-order valence-corrected chi connectivity index (χ0v) is 17.5. The number of carbonyl (C=O) groups is 1. The minimum Gasteiger partial charge on any atom is -0.361 e. The van der Waals surface area contributed by atoms with Crippen LogP contribution in [0.3, 0.4) is 0 Å². The summed E-state index contributed by atoms with van der Waals surface area (Å²) in [4.78, 5) is 15.9. The lowest BCUT2D eigenvalue weighted by atomic mass is 9.86. The van der Waals surface area contributed by atoms with E-state index in [9.17, 15) is 4.79 Å². The summed E-state index contributed by atoms with van der Waals surface area (Å²) in [5.74, 6) is 0.883. The second-order valence-electron chi connectivity index (χ2n) is 8.21. The highest BCUT2D eigenvalue weighted by Crippen LogP contribution is 2.34. The smallest absolute Gasteiger partial charge is 0.220 e. The van der Waals surface area contributed by atoms with Crippen molar-refractivity contribution in [1.82, 2.24) is 10.3 Å². The molecule has 0 saturated heterocycles. The van der Waals surface area contributed by atoms with E-state index < -0.39 is 0 Å². The van der Waals surface area contributed by atoms with Crippen LogP contribution in [-0.4, -0.2) is 17.4 Å². The van der Waals surface area contributed by atoms with Crippen LogP contribution in [0.15, 0.2) is 54.7 Å². The Morgan fingerprint density at radius 2 is 1.79 bits per heavy atom. The van der Waals surface area contributed by atoms with Gasteiger partial charge in [0.15, 0.2) is 0 Å². The zero-order valence-electron chi connectivity index (χ0n) is 16.8. The van der Waals surface area contributed by atoms with E-state index in [-0.39, 0.29) is 11.8 Å². The van der Waals surface area contributed by atoms with Crippen molar-refractivity contribution >= 4 is 28.4 Å². The Bertz CT molecular complexity index is 958. The van der Waals surface area contributed by atoms with E-state index in [2.05, 4.69) is 28.5 Å². The van der Waals surface area contributed by atoms with Gasteiger partial charge in [0.1, 0.15) is 0 Å². The van der Waals surface area contributed by atoms with Crippen molar-refractivity contribution in [1.29, 1.82) is 0 Å². The van der Waals surface area contributed by atoms with Crippen LogP contribution < -0.4 is 5.32 Å². The van der Waals surface area contributed by atoms with Crippen molar-refractivity contribution in [3.05, 3.63) is 70.9 Å². The largest absolute Gasteiger partial charge is 0.361 e.